The Morgan fingerprint density at radius 3 is 2.54 bits per heavy atom. The van der Waals surface area contributed by atoms with E-state index < -0.39 is 0 Å². The summed E-state index contributed by atoms with van der Waals surface area (Å²) in [5.74, 6) is 0.708. The second kappa shape index (κ2) is 6.83. The van der Waals surface area contributed by atoms with E-state index in [0.29, 0.717) is 5.56 Å². The Kier molecular flexibility index (Phi) is 4.37. The summed E-state index contributed by atoms with van der Waals surface area (Å²) in [6.45, 7) is 6.48. The minimum Gasteiger partial charge on any atom is -0.372 e. The van der Waals surface area contributed by atoms with Gasteiger partial charge in [0, 0.05) is 36.9 Å². The van der Waals surface area contributed by atoms with Gasteiger partial charge < -0.3 is 14.6 Å². The second-order valence-electron chi connectivity index (χ2n) is 7.24. The highest BCUT2D eigenvalue weighted by molar-refractivity contribution is 6.04. The first kappa shape index (κ1) is 16.6. The number of hydrogen-bond acceptors (Lipinski definition) is 3. The molecule has 1 aliphatic rings. The number of anilines is 2. The zero-order chi connectivity index (χ0) is 18.1. The number of hydrogen-bond donors (Lipinski definition) is 1. The van der Waals surface area contributed by atoms with E-state index >= 15 is 0 Å². The molecule has 1 N–H and O–H groups in total. The molecular weight excluding hydrogens is 324 g/mol. The van der Waals surface area contributed by atoms with E-state index in [-0.39, 0.29) is 5.91 Å². The minimum atomic E-state index is -0.113. The summed E-state index contributed by atoms with van der Waals surface area (Å²) in [6.07, 6.45) is 6.22. The van der Waals surface area contributed by atoms with Gasteiger partial charge >= 0.3 is 0 Å². The number of fused-ring (bicyclic) bond motifs is 1. The highest BCUT2D eigenvalue weighted by atomic mass is 16.1. The highest BCUT2D eigenvalue weighted by Gasteiger charge is 2.16. The first-order valence-corrected chi connectivity index (χ1v) is 9.20. The molecule has 1 amide bonds. The number of rotatable bonds is 3. The Hall–Kier alpha value is -2.82. The zero-order valence-electron chi connectivity index (χ0n) is 15.3. The van der Waals surface area contributed by atoms with Crippen LogP contribution in [0.15, 0.2) is 48.8 Å². The lowest BCUT2D eigenvalue weighted by Gasteiger charge is -2.32. The van der Waals surface area contributed by atoms with E-state index in [0.717, 1.165) is 36.0 Å². The van der Waals surface area contributed by atoms with Crippen LogP contribution >= 0.6 is 0 Å². The maximum absolute atomic E-state index is 12.5. The predicted octanol–water partition coefficient (Wildman–Crippen LogP) is 4.13. The van der Waals surface area contributed by atoms with Crippen LogP contribution in [0.2, 0.25) is 0 Å². The number of benzene rings is 1. The molecule has 0 atom stereocenters. The van der Waals surface area contributed by atoms with Crippen molar-refractivity contribution in [3.8, 4) is 0 Å². The van der Waals surface area contributed by atoms with Gasteiger partial charge in [-0.15, -0.1) is 0 Å². The zero-order valence-corrected chi connectivity index (χ0v) is 15.3. The van der Waals surface area contributed by atoms with Crippen LogP contribution in [0.3, 0.4) is 0 Å². The SMILES string of the molecule is Cc1cn2cc(C(=O)Nc3ccc(N4CCC(C)CC4)cc3)ccc2n1. The van der Waals surface area contributed by atoms with Crippen LogP contribution in [-0.2, 0) is 0 Å². The number of carbonyl (C=O) groups is 1. The molecule has 1 aliphatic heterocycles. The average molecular weight is 348 g/mol. The number of amides is 1. The van der Waals surface area contributed by atoms with Gasteiger partial charge in [-0.25, -0.2) is 4.98 Å². The molecule has 4 rings (SSSR count). The molecule has 0 saturated carbocycles. The van der Waals surface area contributed by atoms with Gasteiger partial charge in [-0.2, -0.15) is 0 Å². The van der Waals surface area contributed by atoms with E-state index in [2.05, 4.69) is 34.3 Å². The largest absolute Gasteiger partial charge is 0.372 e. The molecule has 5 heteroatoms. The van der Waals surface area contributed by atoms with Crippen LogP contribution in [0.4, 0.5) is 11.4 Å². The molecule has 1 fully saturated rings. The van der Waals surface area contributed by atoms with Crippen LogP contribution in [-0.4, -0.2) is 28.4 Å². The maximum atomic E-state index is 12.5. The minimum absolute atomic E-state index is 0.113. The lowest BCUT2D eigenvalue weighted by Crippen LogP contribution is -2.32. The molecule has 26 heavy (non-hydrogen) atoms. The fourth-order valence-electron chi connectivity index (χ4n) is 3.48. The number of nitrogens with zero attached hydrogens (tertiary/aromatic N) is 3. The van der Waals surface area contributed by atoms with Crippen molar-refractivity contribution in [2.45, 2.75) is 26.7 Å². The molecule has 134 valence electrons. The smallest absolute Gasteiger partial charge is 0.257 e. The molecule has 0 spiro atoms. The number of imidazole rings is 1. The summed E-state index contributed by atoms with van der Waals surface area (Å²) in [5.41, 5.74) is 4.43. The first-order valence-electron chi connectivity index (χ1n) is 9.20. The third-order valence-electron chi connectivity index (χ3n) is 5.11. The molecule has 0 aliphatic carbocycles. The van der Waals surface area contributed by atoms with Crippen LogP contribution in [0, 0.1) is 12.8 Å². The fraction of sp³-hybridized carbons (Fsp3) is 0.333. The standard InChI is InChI=1S/C21H24N4O/c1-15-9-11-24(12-10-15)19-6-4-18(5-7-19)23-21(26)17-3-8-20-22-16(2)13-25(20)14-17/h3-8,13-15H,9-12H2,1-2H3,(H,23,26). The van der Waals surface area contributed by atoms with Crippen molar-refractivity contribution < 1.29 is 4.79 Å². The summed E-state index contributed by atoms with van der Waals surface area (Å²) in [6, 6.07) is 11.8. The molecule has 0 unspecified atom stereocenters. The number of aromatic nitrogens is 2. The van der Waals surface area contributed by atoms with Crippen LogP contribution < -0.4 is 10.2 Å². The number of piperidine rings is 1. The van der Waals surface area contributed by atoms with Gasteiger partial charge in [0.15, 0.2) is 0 Å². The first-order chi connectivity index (χ1) is 12.6. The van der Waals surface area contributed by atoms with Gasteiger partial charge in [-0.05, 0) is 62.1 Å². The molecule has 0 bridgehead atoms. The topological polar surface area (TPSA) is 49.6 Å². The summed E-state index contributed by atoms with van der Waals surface area (Å²) in [5, 5.41) is 2.98. The van der Waals surface area contributed by atoms with Gasteiger partial charge in [0.25, 0.3) is 5.91 Å². The quantitative estimate of drug-likeness (QED) is 0.774. The maximum Gasteiger partial charge on any atom is 0.257 e. The van der Waals surface area contributed by atoms with E-state index in [4.69, 9.17) is 0 Å². The third kappa shape index (κ3) is 3.43. The molecule has 2 aromatic heterocycles. The molecule has 1 saturated heterocycles. The summed E-state index contributed by atoms with van der Waals surface area (Å²) in [7, 11) is 0. The van der Waals surface area contributed by atoms with Crippen LogP contribution in [0.25, 0.3) is 5.65 Å². The Labute approximate surface area is 153 Å². The lowest BCUT2D eigenvalue weighted by molar-refractivity contribution is 0.102. The molecule has 1 aromatic carbocycles. The second-order valence-corrected chi connectivity index (χ2v) is 7.24. The molecule has 5 nitrogen and oxygen atoms in total. The van der Waals surface area contributed by atoms with Gasteiger partial charge in [-0.1, -0.05) is 6.92 Å². The summed E-state index contributed by atoms with van der Waals surface area (Å²) in [4.78, 5) is 19.3. The number of carbonyl (C=O) groups excluding carboxylic acids is 1. The molecule has 3 aromatic rings. The van der Waals surface area contributed by atoms with E-state index in [9.17, 15) is 4.79 Å². The van der Waals surface area contributed by atoms with Crippen molar-refractivity contribution in [2.24, 2.45) is 5.92 Å². The van der Waals surface area contributed by atoms with Gasteiger partial charge in [0.1, 0.15) is 5.65 Å². The van der Waals surface area contributed by atoms with Gasteiger partial charge in [0.2, 0.25) is 0 Å². The highest BCUT2D eigenvalue weighted by Crippen LogP contribution is 2.24. The van der Waals surface area contributed by atoms with Crippen molar-refractivity contribution in [3.63, 3.8) is 0 Å². The van der Waals surface area contributed by atoms with Crippen LogP contribution in [0.5, 0.6) is 0 Å². The molecule has 3 heterocycles. The fourth-order valence-corrected chi connectivity index (χ4v) is 3.48. The normalized spacial score (nSPS) is 15.4. The predicted molar refractivity (Wildman–Crippen MR) is 105 cm³/mol. The molecule has 0 radical (unpaired) electrons. The van der Waals surface area contributed by atoms with Crippen molar-refractivity contribution in [2.75, 3.05) is 23.3 Å². The summed E-state index contributed by atoms with van der Waals surface area (Å²) < 4.78 is 1.88. The van der Waals surface area contributed by atoms with E-state index in [1.165, 1.54) is 18.5 Å². The average Bonchev–Trinajstić information content (AvgIpc) is 3.02. The third-order valence-corrected chi connectivity index (χ3v) is 5.11. The summed E-state index contributed by atoms with van der Waals surface area (Å²) >= 11 is 0. The van der Waals surface area contributed by atoms with E-state index in [1.54, 1.807) is 6.07 Å². The van der Waals surface area contributed by atoms with E-state index in [1.807, 2.05) is 41.9 Å². The number of pyridine rings is 1. The number of aryl methyl sites for hydroxylation is 1. The monoisotopic (exact) mass is 348 g/mol. The number of nitrogens with one attached hydrogen (secondary N) is 1. The van der Waals surface area contributed by atoms with Crippen molar-refractivity contribution >= 4 is 22.9 Å². The van der Waals surface area contributed by atoms with Gasteiger partial charge in [-0.3, -0.25) is 4.79 Å². The lowest BCUT2D eigenvalue weighted by atomic mass is 9.99. The Bertz CT molecular complexity index is 921. The Morgan fingerprint density at radius 2 is 1.81 bits per heavy atom. The molecular formula is C21H24N4O. The Balaban J connectivity index is 1.45. The van der Waals surface area contributed by atoms with Crippen molar-refractivity contribution in [3.05, 3.63) is 60.0 Å². The van der Waals surface area contributed by atoms with Gasteiger partial charge in [0.05, 0.1) is 11.3 Å². The van der Waals surface area contributed by atoms with Crippen molar-refractivity contribution in [1.82, 2.24) is 9.38 Å². The van der Waals surface area contributed by atoms with Crippen molar-refractivity contribution in [1.29, 1.82) is 0 Å². The Morgan fingerprint density at radius 1 is 1.08 bits per heavy atom. The van der Waals surface area contributed by atoms with Crippen LogP contribution in [0.1, 0.15) is 35.8 Å².